The standard InChI is InChI=1S/C17H38NO4P/c1-4-7-10-11-12-15-21-23(19,20)22-17(16-18,13-8-5-2)14-9-6-3/h4-16,18H2,1-3H3,(H,19,20). The van der Waals surface area contributed by atoms with Crippen molar-refractivity contribution in [2.24, 2.45) is 5.73 Å². The third-order valence-electron chi connectivity index (χ3n) is 4.16. The minimum absolute atomic E-state index is 0.247. The molecule has 0 rings (SSSR count). The van der Waals surface area contributed by atoms with E-state index in [9.17, 15) is 9.46 Å². The van der Waals surface area contributed by atoms with Crippen LogP contribution in [0.25, 0.3) is 0 Å². The van der Waals surface area contributed by atoms with Crippen molar-refractivity contribution in [3.8, 4) is 0 Å². The zero-order valence-electron chi connectivity index (χ0n) is 15.4. The SMILES string of the molecule is CCCCCCCOP(=O)(O)OC(CN)(CCCC)CCCC. The van der Waals surface area contributed by atoms with Gasteiger partial charge in [0.1, 0.15) is 0 Å². The van der Waals surface area contributed by atoms with Gasteiger partial charge in [-0.2, -0.15) is 0 Å². The van der Waals surface area contributed by atoms with E-state index in [1.54, 1.807) is 0 Å². The highest BCUT2D eigenvalue weighted by Crippen LogP contribution is 2.49. The molecule has 0 aliphatic heterocycles. The molecule has 6 heteroatoms. The van der Waals surface area contributed by atoms with Gasteiger partial charge in [-0.05, 0) is 19.3 Å². The fraction of sp³-hybridized carbons (Fsp3) is 1.00. The summed E-state index contributed by atoms with van der Waals surface area (Å²) in [6.07, 6.45) is 10.6. The summed E-state index contributed by atoms with van der Waals surface area (Å²) in [6, 6.07) is 0. The predicted octanol–water partition coefficient (Wildman–Crippen LogP) is 5.17. The van der Waals surface area contributed by atoms with Crippen molar-refractivity contribution >= 4 is 7.82 Å². The third kappa shape index (κ3) is 11.3. The lowest BCUT2D eigenvalue weighted by molar-refractivity contribution is 0.0112. The van der Waals surface area contributed by atoms with Crippen LogP contribution >= 0.6 is 7.82 Å². The quantitative estimate of drug-likeness (QED) is 0.296. The normalized spacial score (nSPS) is 14.8. The van der Waals surface area contributed by atoms with Crippen LogP contribution in [0.15, 0.2) is 0 Å². The van der Waals surface area contributed by atoms with Crippen LogP contribution in [0.3, 0.4) is 0 Å². The van der Waals surface area contributed by atoms with E-state index in [0.717, 1.165) is 44.9 Å². The van der Waals surface area contributed by atoms with Crippen LogP contribution in [0, 0.1) is 0 Å². The van der Waals surface area contributed by atoms with Crippen molar-refractivity contribution in [2.45, 2.75) is 97.0 Å². The molecule has 0 aromatic rings. The van der Waals surface area contributed by atoms with Gasteiger partial charge < -0.3 is 10.6 Å². The molecule has 5 nitrogen and oxygen atoms in total. The average Bonchev–Trinajstić information content (AvgIpc) is 2.53. The number of rotatable bonds is 16. The van der Waals surface area contributed by atoms with Crippen LogP contribution in [0.4, 0.5) is 0 Å². The number of phosphoric acid groups is 1. The van der Waals surface area contributed by atoms with E-state index in [1.807, 2.05) is 0 Å². The van der Waals surface area contributed by atoms with Gasteiger partial charge in [-0.1, -0.05) is 72.1 Å². The lowest BCUT2D eigenvalue weighted by Crippen LogP contribution is -2.40. The Morgan fingerprint density at radius 2 is 1.43 bits per heavy atom. The molecule has 0 saturated carbocycles. The Balaban J connectivity index is 4.46. The zero-order chi connectivity index (χ0) is 17.6. The molecule has 1 unspecified atom stereocenters. The second-order valence-electron chi connectivity index (χ2n) is 6.40. The van der Waals surface area contributed by atoms with Gasteiger partial charge >= 0.3 is 7.82 Å². The number of phosphoric ester groups is 1. The van der Waals surface area contributed by atoms with Gasteiger partial charge in [-0.15, -0.1) is 0 Å². The number of hydrogen-bond acceptors (Lipinski definition) is 4. The topological polar surface area (TPSA) is 81.8 Å². The molecule has 0 heterocycles. The summed E-state index contributed by atoms with van der Waals surface area (Å²) in [5.74, 6) is 0. The average molecular weight is 351 g/mol. The Labute approximate surface area is 142 Å². The van der Waals surface area contributed by atoms with Crippen LogP contribution in [-0.2, 0) is 13.6 Å². The first-order valence-corrected chi connectivity index (χ1v) is 10.8. The Morgan fingerprint density at radius 3 is 1.91 bits per heavy atom. The Hall–Kier alpha value is 0.0700. The monoisotopic (exact) mass is 351 g/mol. The van der Waals surface area contributed by atoms with Crippen LogP contribution in [0.2, 0.25) is 0 Å². The molecule has 0 fully saturated rings. The highest BCUT2D eigenvalue weighted by Gasteiger charge is 2.37. The molecule has 0 spiro atoms. The molecule has 0 aromatic carbocycles. The van der Waals surface area contributed by atoms with Gasteiger partial charge in [0.15, 0.2) is 0 Å². The van der Waals surface area contributed by atoms with Crippen molar-refractivity contribution in [1.82, 2.24) is 0 Å². The van der Waals surface area contributed by atoms with Gasteiger partial charge in [-0.25, -0.2) is 4.57 Å². The number of unbranched alkanes of at least 4 members (excludes halogenated alkanes) is 6. The largest absolute Gasteiger partial charge is 0.472 e. The van der Waals surface area contributed by atoms with Gasteiger partial charge in [0.2, 0.25) is 0 Å². The fourth-order valence-electron chi connectivity index (χ4n) is 2.61. The first kappa shape index (κ1) is 23.1. The van der Waals surface area contributed by atoms with E-state index in [-0.39, 0.29) is 13.2 Å². The molecule has 140 valence electrons. The van der Waals surface area contributed by atoms with E-state index in [4.69, 9.17) is 14.8 Å². The Bertz CT molecular complexity index is 318. The summed E-state index contributed by atoms with van der Waals surface area (Å²) in [5, 5.41) is 0. The second kappa shape index (κ2) is 13.4. The Morgan fingerprint density at radius 1 is 0.913 bits per heavy atom. The molecule has 0 aromatic heterocycles. The first-order chi connectivity index (χ1) is 10.9. The molecule has 0 radical (unpaired) electrons. The van der Waals surface area contributed by atoms with E-state index in [2.05, 4.69) is 20.8 Å². The first-order valence-electron chi connectivity index (χ1n) is 9.33. The molecule has 0 aliphatic carbocycles. The Kier molecular flexibility index (Phi) is 13.4. The lowest BCUT2D eigenvalue weighted by Gasteiger charge is -2.33. The number of hydrogen-bond donors (Lipinski definition) is 2. The highest BCUT2D eigenvalue weighted by atomic mass is 31.2. The maximum absolute atomic E-state index is 12.3. The number of nitrogens with two attached hydrogens (primary N) is 1. The summed E-state index contributed by atoms with van der Waals surface area (Å²) in [5.41, 5.74) is 5.16. The maximum atomic E-state index is 12.3. The zero-order valence-corrected chi connectivity index (χ0v) is 16.3. The molecular weight excluding hydrogens is 313 g/mol. The van der Waals surface area contributed by atoms with Crippen LogP contribution in [0.5, 0.6) is 0 Å². The highest BCUT2D eigenvalue weighted by molar-refractivity contribution is 7.47. The molecule has 23 heavy (non-hydrogen) atoms. The van der Waals surface area contributed by atoms with Crippen LogP contribution in [-0.4, -0.2) is 23.6 Å². The van der Waals surface area contributed by atoms with E-state index >= 15 is 0 Å². The maximum Gasteiger partial charge on any atom is 0.472 e. The smallest absolute Gasteiger partial charge is 0.328 e. The molecule has 0 amide bonds. The molecule has 3 N–H and O–H groups in total. The summed E-state index contributed by atoms with van der Waals surface area (Å²) < 4.78 is 23.0. The van der Waals surface area contributed by atoms with Crippen molar-refractivity contribution < 1.29 is 18.5 Å². The summed E-state index contributed by atoms with van der Waals surface area (Å²) in [6.45, 7) is 6.85. The van der Waals surface area contributed by atoms with Gasteiger partial charge in [0.25, 0.3) is 0 Å². The van der Waals surface area contributed by atoms with Crippen LogP contribution < -0.4 is 5.73 Å². The third-order valence-corrected chi connectivity index (χ3v) is 5.28. The predicted molar refractivity (Wildman–Crippen MR) is 96.5 cm³/mol. The van der Waals surface area contributed by atoms with Gasteiger partial charge in [-0.3, -0.25) is 9.05 Å². The van der Waals surface area contributed by atoms with Crippen molar-refractivity contribution in [2.75, 3.05) is 13.2 Å². The molecular formula is C17H38NO4P. The minimum Gasteiger partial charge on any atom is -0.328 e. The second-order valence-corrected chi connectivity index (χ2v) is 7.78. The molecule has 0 aliphatic rings. The fourth-order valence-corrected chi connectivity index (χ4v) is 3.77. The minimum atomic E-state index is -4.05. The molecule has 1 atom stereocenters. The van der Waals surface area contributed by atoms with E-state index in [0.29, 0.717) is 12.8 Å². The summed E-state index contributed by atoms with van der Waals surface area (Å²) >= 11 is 0. The van der Waals surface area contributed by atoms with Crippen molar-refractivity contribution in [3.63, 3.8) is 0 Å². The lowest BCUT2D eigenvalue weighted by atomic mass is 9.91. The van der Waals surface area contributed by atoms with Gasteiger partial charge in [0, 0.05) is 6.54 Å². The summed E-state index contributed by atoms with van der Waals surface area (Å²) in [7, 11) is -4.05. The molecule has 0 saturated heterocycles. The van der Waals surface area contributed by atoms with Gasteiger partial charge in [0.05, 0.1) is 12.2 Å². The molecule has 0 bridgehead atoms. The van der Waals surface area contributed by atoms with E-state index < -0.39 is 13.4 Å². The van der Waals surface area contributed by atoms with Crippen molar-refractivity contribution in [3.05, 3.63) is 0 Å². The van der Waals surface area contributed by atoms with E-state index in [1.165, 1.54) is 12.8 Å². The summed E-state index contributed by atoms with van der Waals surface area (Å²) in [4.78, 5) is 10.0. The van der Waals surface area contributed by atoms with Crippen molar-refractivity contribution in [1.29, 1.82) is 0 Å². The van der Waals surface area contributed by atoms with Crippen LogP contribution in [0.1, 0.15) is 91.4 Å².